The molecule has 3 aliphatic heterocycles. The van der Waals surface area contributed by atoms with Crippen molar-refractivity contribution in [2.75, 3.05) is 36.5 Å². The third kappa shape index (κ3) is 6.33. The van der Waals surface area contributed by atoms with Crippen molar-refractivity contribution in [1.82, 2.24) is 29.8 Å². The van der Waals surface area contributed by atoms with Gasteiger partial charge in [-0.1, -0.05) is 42.5 Å². The highest BCUT2D eigenvalue weighted by Crippen LogP contribution is 2.36. The number of halogens is 1. The Labute approximate surface area is 290 Å². The van der Waals surface area contributed by atoms with Crippen LogP contribution in [-0.4, -0.2) is 69.0 Å². The van der Waals surface area contributed by atoms with Crippen LogP contribution in [-0.2, 0) is 16.1 Å². The lowest BCUT2D eigenvalue weighted by Crippen LogP contribution is -2.43. The molecule has 0 aliphatic carbocycles. The molecule has 0 bridgehead atoms. The summed E-state index contributed by atoms with van der Waals surface area (Å²) >= 11 is 0. The Hall–Kier alpha value is -5.16. The average Bonchev–Trinajstić information content (AvgIpc) is 3.80. The minimum atomic E-state index is -0.287. The Kier molecular flexibility index (Phi) is 8.74. The van der Waals surface area contributed by atoms with Crippen molar-refractivity contribution in [1.29, 1.82) is 0 Å². The molecular formula is C39H41FN8O2. The standard InChI is InChI=1S/C39H41FN8O2/c1-45(25-27-7-2-3-10-30(27)31-14-17-38(49)43-39(31)50)29-18-21-46(22-19-29)36-13-5-11-32(42-36)34-24-41-35-15-16-37(44-48(34)35)47-20-6-12-33(47)26-8-4-9-28(40)23-26/h2-5,7-11,13,15-16,23-24,29,31,33H,6,12,14,17-22,25H2,1H3,(H,43,49,50)/t31?,33-/m1/s1. The molecule has 8 rings (SSSR count). The minimum absolute atomic E-state index is 0.0751. The van der Waals surface area contributed by atoms with Gasteiger partial charge in [0.05, 0.1) is 23.9 Å². The van der Waals surface area contributed by atoms with Crippen LogP contribution >= 0.6 is 0 Å². The molecule has 0 radical (unpaired) electrons. The number of imidazole rings is 1. The van der Waals surface area contributed by atoms with Crippen LogP contribution in [0.25, 0.3) is 17.0 Å². The van der Waals surface area contributed by atoms with Gasteiger partial charge in [-0.3, -0.25) is 19.8 Å². The highest BCUT2D eigenvalue weighted by Gasteiger charge is 2.31. The maximum Gasteiger partial charge on any atom is 0.234 e. The zero-order valence-corrected chi connectivity index (χ0v) is 28.2. The first kappa shape index (κ1) is 32.1. The number of anilines is 2. The van der Waals surface area contributed by atoms with Crippen LogP contribution in [0.4, 0.5) is 16.0 Å². The predicted molar refractivity (Wildman–Crippen MR) is 190 cm³/mol. The molecule has 3 aromatic heterocycles. The molecule has 50 heavy (non-hydrogen) atoms. The van der Waals surface area contributed by atoms with Gasteiger partial charge in [-0.25, -0.2) is 18.9 Å². The largest absolute Gasteiger partial charge is 0.356 e. The van der Waals surface area contributed by atoms with Crippen LogP contribution in [0.2, 0.25) is 0 Å². The molecule has 3 fully saturated rings. The van der Waals surface area contributed by atoms with Gasteiger partial charge in [-0.05, 0) is 92.2 Å². The molecule has 0 spiro atoms. The predicted octanol–water partition coefficient (Wildman–Crippen LogP) is 5.89. The van der Waals surface area contributed by atoms with Crippen LogP contribution in [0.1, 0.15) is 67.2 Å². The van der Waals surface area contributed by atoms with Crippen LogP contribution in [0.3, 0.4) is 0 Å². The number of pyridine rings is 1. The quantitative estimate of drug-likeness (QED) is 0.204. The Balaban J connectivity index is 0.953. The Morgan fingerprint density at radius 1 is 0.900 bits per heavy atom. The third-order valence-electron chi connectivity index (χ3n) is 10.6. The van der Waals surface area contributed by atoms with Gasteiger partial charge in [-0.2, -0.15) is 0 Å². The van der Waals surface area contributed by atoms with Crippen molar-refractivity contribution in [2.45, 2.75) is 63.1 Å². The molecule has 1 N–H and O–H groups in total. The van der Waals surface area contributed by atoms with Crippen LogP contribution in [0, 0.1) is 5.82 Å². The molecule has 256 valence electrons. The number of carbonyl (C=O) groups excluding carboxylic acids is 2. The highest BCUT2D eigenvalue weighted by atomic mass is 19.1. The number of imide groups is 1. The van der Waals surface area contributed by atoms with E-state index in [9.17, 15) is 14.0 Å². The van der Waals surface area contributed by atoms with Crippen molar-refractivity contribution in [3.05, 3.63) is 108 Å². The summed E-state index contributed by atoms with van der Waals surface area (Å²) in [6, 6.07) is 25.6. The fraction of sp³-hybridized carbons (Fsp3) is 0.359. The highest BCUT2D eigenvalue weighted by molar-refractivity contribution is 6.01. The number of hydrogen-bond donors (Lipinski definition) is 1. The first-order valence-corrected chi connectivity index (χ1v) is 17.6. The number of hydrogen-bond acceptors (Lipinski definition) is 8. The van der Waals surface area contributed by atoms with Gasteiger partial charge in [0.25, 0.3) is 0 Å². The van der Waals surface area contributed by atoms with Crippen molar-refractivity contribution in [3.63, 3.8) is 0 Å². The molecule has 11 heteroatoms. The molecule has 2 amide bonds. The Morgan fingerprint density at radius 2 is 1.74 bits per heavy atom. The SMILES string of the molecule is CN(Cc1ccccc1C1CCC(=O)NC1=O)C1CCN(c2cccc(-c3cnc4ccc(N5CCC[C@@H]5c5cccc(F)c5)nn34)n2)CC1. The fourth-order valence-electron chi connectivity index (χ4n) is 7.98. The summed E-state index contributed by atoms with van der Waals surface area (Å²) in [5, 5.41) is 7.54. The van der Waals surface area contributed by atoms with Gasteiger partial charge in [0.15, 0.2) is 5.65 Å². The van der Waals surface area contributed by atoms with E-state index in [1.165, 1.54) is 6.07 Å². The van der Waals surface area contributed by atoms with Crippen molar-refractivity contribution in [3.8, 4) is 11.4 Å². The lowest BCUT2D eigenvalue weighted by Gasteiger charge is -2.38. The summed E-state index contributed by atoms with van der Waals surface area (Å²) in [5.41, 5.74) is 5.52. The number of nitrogens with zero attached hydrogens (tertiary/aromatic N) is 7. The Bertz CT molecular complexity index is 2040. The monoisotopic (exact) mass is 672 g/mol. The van der Waals surface area contributed by atoms with E-state index >= 15 is 0 Å². The van der Waals surface area contributed by atoms with Crippen molar-refractivity contribution in [2.24, 2.45) is 0 Å². The average molecular weight is 673 g/mol. The van der Waals surface area contributed by atoms with E-state index in [0.29, 0.717) is 18.9 Å². The molecule has 6 heterocycles. The summed E-state index contributed by atoms with van der Waals surface area (Å²) in [4.78, 5) is 41.1. The molecular weight excluding hydrogens is 631 g/mol. The number of benzene rings is 2. The molecule has 2 atom stereocenters. The first-order valence-electron chi connectivity index (χ1n) is 17.6. The van der Waals surface area contributed by atoms with E-state index in [0.717, 1.165) is 97.2 Å². The zero-order chi connectivity index (χ0) is 34.2. The van der Waals surface area contributed by atoms with Crippen LogP contribution < -0.4 is 15.1 Å². The van der Waals surface area contributed by atoms with E-state index in [2.05, 4.69) is 44.2 Å². The van der Waals surface area contributed by atoms with E-state index in [-0.39, 0.29) is 29.6 Å². The normalized spacial score (nSPS) is 20.2. The van der Waals surface area contributed by atoms with Crippen LogP contribution in [0.15, 0.2) is 85.1 Å². The van der Waals surface area contributed by atoms with Gasteiger partial charge < -0.3 is 9.80 Å². The summed E-state index contributed by atoms with van der Waals surface area (Å²) in [6.45, 7) is 3.36. The summed E-state index contributed by atoms with van der Waals surface area (Å²) in [5.74, 6) is 0.885. The fourth-order valence-corrected chi connectivity index (χ4v) is 7.98. The van der Waals surface area contributed by atoms with E-state index in [1.54, 1.807) is 12.1 Å². The van der Waals surface area contributed by atoms with E-state index in [4.69, 9.17) is 10.1 Å². The second-order valence-electron chi connectivity index (χ2n) is 13.7. The number of fused-ring (bicyclic) bond motifs is 1. The van der Waals surface area contributed by atoms with Crippen molar-refractivity contribution < 1.29 is 14.0 Å². The molecule has 0 saturated carbocycles. The second kappa shape index (κ2) is 13.6. The summed E-state index contributed by atoms with van der Waals surface area (Å²) in [7, 11) is 2.16. The molecule has 3 aliphatic rings. The molecule has 10 nitrogen and oxygen atoms in total. The minimum Gasteiger partial charge on any atom is -0.356 e. The lowest BCUT2D eigenvalue weighted by atomic mass is 9.87. The maximum absolute atomic E-state index is 14.1. The number of rotatable bonds is 8. The van der Waals surface area contributed by atoms with Gasteiger partial charge in [0, 0.05) is 38.6 Å². The van der Waals surface area contributed by atoms with Gasteiger partial charge >= 0.3 is 0 Å². The smallest absolute Gasteiger partial charge is 0.234 e. The van der Waals surface area contributed by atoms with E-state index in [1.807, 2.05) is 59.2 Å². The zero-order valence-electron chi connectivity index (χ0n) is 28.2. The molecule has 1 unspecified atom stereocenters. The molecule has 2 aromatic carbocycles. The number of carbonyl (C=O) groups is 2. The third-order valence-corrected chi connectivity index (χ3v) is 10.6. The number of piperidine rings is 2. The summed E-state index contributed by atoms with van der Waals surface area (Å²) in [6.07, 6.45) is 6.71. The number of nitrogens with one attached hydrogen (secondary N) is 1. The van der Waals surface area contributed by atoms with E-state index < -0.39 is 0 Å². The number of aromatic nitrogens is 4. The summed E-state index contributed by atoms with van der Waals surface area (Å²) < 4.78 is 15.9. The topological polar surface area (TPSA) is 99.0 Å². The number of amides is 2. The second-order valence-corrected chi connectivity index (χ2v) is 13.7. The lowest BCUT2D eigenvalue weighted by molar-refractivity contribution is -0.134. The van der Waals surface area contributed by atoms with Crippen molar-refractivity contribution >= 4 is 29.1 Å². The maximum atomic E-state index is 14.1. The van der Waals surface area contributed by atoms with Gasteiger partial charge in [0.2, 0.25) is 11.8 Å². The molecule has 3 saturated heterocycles. The first-order chi connectivity index (χ1) is 24.4. The molecule has 5 aromatic rings. The van der Waals surface area contributed by atoms with Gasteiger partial charge in [0.1, 0.15) is 23.1 Å². The Morgan fingerprint density at radius 3 is 2.58 bits per heavy atom. The van der Waals surface area contributed by atoms with Gasteiger partial charge in [-0.15, -0.1) is 5.10 Å². The van der Waals surface area contributed by atoms with Crippen LogP contribution in [0.5, 0.6) is 0 Å².